The van der Waals surface area contributed by atoms with Crippen LogP contribution in [0.3, 0.4) is 0 Å². The van der Waals surface area contributed by atoms with Crippen molar-refractivity contribution in [2.45, 2.75) is 25.3 Å². The van der Waals surface area contributed by atoms with E-state index in [9.17, 15) is 0 Å². The van der Waals surface area contributed by atoms with Crippen LogP contribution >= 0.6 is 27.5 Å². The molecule has 0 spiro atoms. The third-order valence-corrected chi connectivity index (χ3v) is 3.97. The second kappa shape index (κ2) is 5.17. The summed E-state index contributed by atoms with van der Waals surface area (Å²) in [5, 5.41) is 3.47. The Hall–Kier alpha value is -0.280. The zero-order valence-corrected chi connectivity index (χ0v) is 10.8. The van der Waals surface area contributed by atoms with Gasteiger partial charge in [0.1, 0.15) is 5.82 Å². The number of nitrogens with zero attached hydrogens (tertiary/aromatic N) is 1. The van der Waals surface area contributed by atoms with Crippen molar-refractivity contribution < 1.29 is 0 Å². The highest BCUT2D eigenvalue weighted by molar-refractivity contribution is 9.10. The Labute approximate surface area is 104 Å². The van der Waals surface area contributed by atoms with Gasteiger partial charge in [-0.3, -0.25) is 0 Å². The number of nitrogens with one attached hydrogen (secondary N) is 1. The van der Waals surface area contributed by atoms with E-state index in [-0.39, 0.29) is 0 Å². The summed E-state index contributed by atoms with van der Waals surface area (Å²) >= 11 is 9.42. The van der Waals surface area contributed by atoms with E-state index in [1.165, 1.54) is 19.3 Å². The first-order chi connectivity index (χ1) is 7.31. The fraction of sp³-hybridized carbons (Fsp3) is 0.545. The van der Waals surface area contributed by atoms with Crippen LogP contribution in [0.1, 0.15) is 19.3 Å². The van der Waals surface area contributed by atoms with E-state index in [4.69, 9.17) is 11.6 Å². The Bertz CT molecular complexity index is 332. The van der Waals surface area contributed by atoms with Crippen LogP contribution in [-0.2, 0) is 0 Å². The van der Waals surface area contributed by atoms with Crippen LogP contribution in [0.5, 0.6) is 0 Å². The number of pyridine rings is 1. The van der Waals surface area contributed by atoms with E-state index < -0.39 is 0 Å². The molecule has 0 amide bonds. The Morgan fingerprint density at radius 3 is 3.13 bits per heavy atom. The lowest BCUT2D eigenvalue weighted by Crippen LogP contribution is -2.25. The minimum atomic E-state index is 0.480. The molecular formula is C11H14BrClN2. The van der Waals surface area contributed by atoms with Crippen LogP contribution in [0.25, 0.3) is 0 Å². The minimum Gasteiger partial charge on any atom is -0.366 e. The second-order valence-corrected chi connectivity index (χ2v) is 5.09. The summed E-state index contributed by atoms with van der Waals surface area (Å²) < 4.78 is 1.02. The molecule has 2 unspecified atom stereocenters. The molecule has 4 heteroatoms. The van der Waals surface area contributed by atoms with Gasteiger partial charge in [-0.1, -0.05) is 6.42 Å². The van der Waals surface area contributed by atoms with Gasteiger partial charge in [-0.15, -0.1) is 11.6 Å². The number of rotatable bonds is 3. The van der Waals surface area contributed by atoms with Gasteiger partial charge in [0.25, 0.3) is 0 Å². The molecule has 2 atom stereocenters. The highest BCUT2D eigenvalue weighted by Gasteiger charge is 2.26. The molecule has 0 aliphatic heterocycles. The second-order valence-electron chi connectivity index (χ2n) is 3.93. The van der Waals surface area contributed by atoms with E-state index in [2.05, 4.69) is 26.2 Å². The largest absolute Gasteiger partial charge is 0.366 e. The molecule has 15 heavy (non-hydrogen) atoms. The van der Waals surface area contributed by atoms with Crippen LogP contribution in [0, 0.1) is 5.92 Å². The molecule has 1 aromatic rings. The van der Waals surface area contributed by atoms with Crippen molar-refractivity contribution >= 4 is 33.3 Å². The number of hydrogen-bond donors (Lipinski definition) is 1. The minimum absolute atomic E-state index is 0.480. The average Bonchev–Trinajstić information content (AvgIpc) is 2.69. The lowest BCUT2D eigenvalue weighted by Gasteiger charge is -2.19. The summed E-state index contributed by atoms with van der Waals surface area (Å²) in [6.07, 6.45) is 5.49. The molecule has 0 radical (unpaired) electrons. The number of aromatic nitrogens is 1. The van der Waals surface area contributed by atoms with Crippen molar-refractivity contribution in [3.8, 4) is 0 Å². The predicted molar refractivity (Wildman–Crippen MR) is 67.4 cm³/mol. The monoisotopic (exact) mass is 288 g/mol. The van der Waals surface area contributed by atoms with Gasteiger partial charge in [-0.05, 0) is 46.8 Å². The topological polar surface area (TPSA) is 24.9 Å². The maximum absolute atomic E-state index is 5.94. The summed E-state index contributed by atoms with van der Waals surface area (Å²) in [6.45, 7) is 0. The summed E-state index contributed by atoms with van der Waals surface area (Å²) in [6, 6.07) is 4.40. The molecule has 1 aliphatic carbocycles. The van der Waals surface area contributed by atoms with Gasteiger partial charge in [0, 0.05) is 18.1 Å². The first-order valence-corrected chi connectivity index (χ1v) is 6.57. The Morgan fingerprint density at radius 1 is 1.53 bits per heavy atom. The zero-order valence-electron chi connectivity index (χ0n) is 8.42. The summed E-state index contributed by atoms with van der Waals surface area (Å²) in [7, 11) is 0. The van der Waals surface area contributed by atoms with Crippen LogP contribution in [0.15, 0.2) is 22.8 Å². The first-order valence-electron chi connectivity index (χ1n) is 5.24. The number of anilines is 1. The summed E-state index contributed by atoms with van der Waals surface area (Å²) in [4.78, 5) is 4.31. The fourth-order valence-electron chi connectivity index (χ4n) is 2.08. The van der Waals surface area contributed by atoms with E-state index in [0.29, 0.717) is 12.0 Å². The number of halogens is 2. The maximum Gasteiger partial charge on any atom is 0.140 e. The van der Waals surface area contributed by atoms with Gasteiger partial charge >= 0.3 is 0 Å². The molecule has 0 aromatic carbocycles. The summed E-state index contributed by atoms with van der Waals surface area (Å²) in [5.41, 5.74) is 0. The maximum atomic E-state index is 5.94. The molecule has 82 valence electrons. The zero-order chi connectivity index (χ0) is 10.7. The third kappa shape index (κ3) is 2.64. The van der Waals surface area contributed by atoms with Gasteiger partial charge in [-0.2, -0.15) is 0 Å². The fourth-order valence-corrected chi connectivity index (χ4v) is 2.82. The molecule has 1 N–H and O–H groups in total. The smallest absolute Gasteiger partial charge is 0.140 e. The van der Waals surface area contributed by atoms with Crippen molar-refractivity contribution in [1.82, 2.24) is 4.98 Å². The van der Waals surface area contributed by atoms with Crippen LogP contribution in [-0.4, -0.2) is 16.9 Å². The van der Waals surface area contributed by atoms with Crippen LogP contribution in [0.2, 0.25) is 0 Å². The molecule has 2 rings (SSSR count). The first kappa shape index (κ1) is 11.2. The molecule has 1 fully saturated rings. The van der Waals surface area contributed by atoms with E-state index in [1.54, 1.807) is 6.20 Å². The van der Waals surface area contributed by atoms with Crippen molar-refractivity contribution in [1.29, 1.82) is 0 Å². The van der Waals surface area contributed by atoms with Crippen molar-refractivity contribution in [3.05, 3.63) is 22.8 Å². The summed E-state index contributed by atoms with van der Waals surface area (Å²) in [5.74, 6) is 2.25. The van der Waals surface area contributed by atoms with E-state index in [0.717, 1.165) is 16.2 Å². The highest BCUT2D eigenvalue weighted by atomic mass is 79.9. The van der Waals surface area contributed by atoms with Gasteiger partial charge in [-0.25, -0.2) is 4.98 Å². The highest BCUT2D eigenvalue weighted by Crippen LogP contribution is 2.30. The van der Waals surface area contributed by atoms with Gasteiger partial charge in [0.05, 0.1) is 4.47 Å². The van der Waals surface area contributed by atoms with Gasteiger partial charge in [0.15, 0.2) is 0 Å². The predicted octanol–water partition coefficient (Wildman–Crippen LogP) is 3.66. The standard InChI is InChI=1S/C11H14BrClN2/c12-9-4-2-6-14-11(9)15-10-5-1-3-8(10)7-13/h2,4,6,8,10H,1,3,5,7H2,(H,14,15). The van der Waals surface area contributed by atoms with Crippen molar-refractivity contribution in [3.63, 3.8) is 0 Å². The van der Waals surface area contributed by atoms with Crippen LogP contribution in [0.4, 0.5) is 5.82 Å². The van der Waals surface area contributed by atoms with E-state index >= 15 is 0 Å². The normalized spacial score (nSPS) is 25.5. The molecular weight excluding hydrogens is 275 g/mol. The van der Waals surface area contributed by atoms with Crippen molar-refractivity contribution in [2.75, 3.05) is 11.2 Å². The Balaban J connectivity index is 2.05. The van der Waals surface area contributed by atoms with Crippen LogP contribution < -0.4 is 5.32 Å². The molecule has 1 saturated carbocycles. The number of alkyl halides is 1. The lowest BCUT2D eigenvalue weighted by molar-refractivity contribution is 0.561. The number of hydrogen-bond acceptors (Lipinski definition) is 2. The molecule has 1 aliphatic rings. The molecule has 0 saturated heterocycles. The Kier molecular flexibility index (Phi) is 3.87. The van der Waals surface area contributed by atoms with Gasteiger partial charge < -0.3 is 5.32 Å². The van der Waals surface area contributed by atoms with Crippen molar-refractivity contribution in [2.24, 2.45) is 5.92 Å². The molecule has 1 aromatic heterocycles. The molecule has 2 nitrogen and oxygen atoms in total. The Morgan fingerprint density at radius 2 is 2.40 bits per heavy atom. The molecule has 0 bridgehead atoms. The third-order valence-electron chi connectivity index (χ3n) is 2.94. The quantitative estimate of drug-likeness (QED) is 0.859. The molecule has 1 heterocycles. The SMILES string of the molecule is ClCC1CCCC1Nc1ncccc1Br. The lowest BCUT2D eigenvalue weighted by atomic mass is 10.1. The van der Waals surface area contributed by atoms with Gasteiger partial charge in [0.2, 0.25) is 0 Å². The van der Waals surface area contributed by atoms with E-state index in [1.807, 2.05) is 12.1 Å². The average molecular weight is 290 g/mol.